The number of rotatable bonds is 6. The van der Waals surface area contributed by atoms with E-state index < -0.39 is 23.5 Å². The van der Waals surface area contributed by atoms with Gasteiger partial charge in [-0.2, -0.15) is 0 Å². The van der Waals surface area contributed by atoms with Crippen LogP contribution in [0, 0.1) is 11.7 Å². The van der Waals surface area contributed by atoms with Crippen molar-refractivity contribution in [3.05, 3.63) is 65.9 Å². The van der Waals surface area contributed by atoms with Crippen molar-refractivity contribution < 1.29 is 23.5 Å². The smallest absolute Gasteiger partial charge is 0.326 e. The van der Waals surface area contributed by atoms with Crippen molar-refractivity contribution >= 4 is 40.4 Å². The summed E-state index contributed by atoms with van der Waals surface area (Å²) in [5.41, 5.74) is 1.71. The first-order valence-corrected chi connectivity index (χ1v) is 11.2. The molecule has 1 unspecified atom stereocenters. The average molecular weight is 462 g/mol. The minimum atomic E-state index is -1.32. The molecule has 0 bridgehead atoms. The van der Waals surface area contributed by atoms with Crippen molar-refractivity contribution in [2.45, 2.75) is 12.8 Å². The van der Waals surface area contributed by atoms with Crippen LogP contribution in [-0.4, -0.2) is 58.8 Å². The van der Waals surface area contributed by atoms with Gasteiger partial charge >= 0.3 is 5.97 Å². The van der Waals surface area contributed by atoms with Crippen molar-refractivity contribution in [2.24, 2.45) is 10.9 Å². The van der Waals surface area contributed by atoms with Crippen molar-refractivity contribution in [1.82, 2.24) is 14.9 Å². The van der Waals surface area contributed by atoms with E-state index in [1.807, 2.05) is 6.07 Å². The van der Waals surface area contributed by atoms with Gasteiger partial charge in [0.2, 0.25) is 11.7 Å². The summed E-state index contributed by atoms with van der Waals surface area (Å²) >= 11 is 0. The number of aromatic amines is 1. The van der Waals surface area contributed by atoms with Crippen molar-refractivity contribution in [3.63, 3.8) is 0 Å². The summed E-state index contributed by atoms with van der Waals surface area (Å²) in [4.78, 5) is 39.9. The van der Waals surface area contributed by atoms with Gasteiger partial charge in [0.05, 0.1) is 5.69 Å². The number of nitrogens with zero attached hydrogens (tertiary/aromatic N) is 3. The molecule has 2 aliphatic rings. The molecule has 2 fully saturated rings. The highest BCUT2D eigenvalue weighted by atomic mass is 19.1. The number of nitrogens with one attached hydrogen (secondary N) is 1. The van der Waals surface area contributed by atoms with Crippen LogP contribution >= 0.6 is 0 Å². The Morgan fingerprint density at radius 2 is 2.06 bits per heavy atom. The lowest BCUT2D eigenvalue weighted by Gasteiger charge is -2.15. The standard InChI is InChI=1S/C25H23FN4O4/c26-17-5-7-18(8-6-17)29-24-21(25(32)33-13-12-30-10-1-2-11-30)22(31)20(34-24)14-16-15-28-23-19(16)4-3-9-27-23/h3-9,14-15,21H,1-2,10-13H2,(H,27,28)/b20-14-,29-24?. The summed E-state index contributed by atoms with van der Waals surface area (Å²) < 4.78 is 24.5. The molecule has 8 nitrogen and oxygen atoms in total. The molecule has 5 rings (SSSR count). The first kappa shape index (κ1) is 22.0. The van der Waals surface area contributed by atoms with Crippen LogP contribution in [0.4, 0.5) is 10.1 Å². The van der Waals surface area contributed by atoms with E-state index in [0.717, 1.165) is 31.3 Å². The van der Waals surface area contributed by atoms with E-state index in [4.69, 9.17) is 9.47 Å². The maximum atomic E-state index is 13.3. The zero-order chi connectivity index (χ0) is 23.5. The highest BCUT2D eigenvalue weighted by molar-refractivity contribution is 6.27. The fourth-order valence-corrected chi connectivity index (χ4v) is 4.12. The van der Waals surface area contributed by atoms with Crippen LogP contribution in [0.15, 0.2) is 59.5 Å². The van der Waals surface area contributed by atoms with Gasteiger partial charge in [-0.3, -0.25) is 14.5 Å². The fraction of sp³-hybridized carbons (Fsp3) is 0.280. The maximum Gasteiger partial charge on any atom is 0.326 e. The first-order valence-electron chi connectivity index (χ1n) is 11.2. The zero-order valence-corrected chi connectivity index (χ0v) is 18.4. The average Bonchev–Trinajstić information content (AvgIpc) is 3.56. The number of pyridine rings is 1. The first-order chi connectivity index (χ1) is 16.6. The van der Waals surface area contributed by atoms with Gasteiger partial charge in [0, 0.05) is 29.9 Å². The molecule has 9 heteroatoms. The number of hydrogen-bond donors (Lipinski definition) is 1. The number of benzene rings is 1. The normalized spacial score (nSPS) is 21.0. The number of allylic oxidation sites excluding steroid dienone is 1. The van der Waals surface area contributed by atoms with Gasteiger partial charge in [-0.05, 0) is 68.4 Å². The number of aromatic nitrogens is 2. The molecule has 0 radical (unpaired) electrons. The molecule has 2 aromatic heterocycles. The number of halogens is 1. The number of likely N-dealkylation sites (tertiary alicyclic amines) is 1. The second kappa shape index (κ2) is 9.56. The van der Waals surface area contributed by atoms with Gasteiger partial charge in [-0.25, -0.2) is 14.4 Å². The van der Waals surface area contributed by atoms with Crippen LogP contribution in [0.3, 0.4) is 0 Å². The monoisotopic (exact) mass is 462 g/mol. The summed E-state index contributed by atoms with van der Waals surface area (Å²) in [5, 5.41) is 0.806. The molecule has 4 heterocycles. The highest BCUT2D eigenvalue weighted by Crippen LogP contribution is 2.29. The second-order valence-corrected chi connectivity index (χ2v) is 8.19. The minimum Gasteiger partial charge on any atom is -0.463 e. The Hall–Kier alpha value is -3.85. The number of Topliss-reactive ketones (excluding diaryl/α,β-unsaturated/α-hetero) is 1. The molecule has 174 valence electrons. The zero-order valence-electron chi connectivity index (χ0n) is 18.4. The van der Waals surface area contributed by atoms with Gasteiger partial charge in [0.15, 0.2) is 11.7 Å². The van der Waals surface area contributed by atoms with Crippen LogP contribution in [-0.2, 0) is 19.1 Å². The lowest BCUT2D eigenvalue weighted by atomic mass is 10.0. The third-order valence-corrected chi connectivity index (χ3v) is 5.89. The van der Waals surface area contributed by atoms with Gasteiger partial charge in [-0.1, -0.05) is 0 Å². The Balaban J connectivity index is 1.41. The van der Waals surface area contributed by atoms with Crippen molar-refractivity contribution in [2.75, 3.05) is 26.2 Å². The number of ketones is 1. The third kappa shape index (κ3) is 4.60. The molecule has 34 heavy (non-hydrogen) atoms. The number of H-pyrrole nitrogens is 1. The van der Waals surface area contributed by atoms with Crippen LogP contribution in [0.2, 0.25) is 0 Å². The van der Waals surface area contributed by atoms with E-state index in [1.165, 1.54) is 24.3 Å². The van der Waals surface area contributed by atoms with Gasteiger partial charge in [-0.15, -0.1) is 0 Å². The van der Waals surface area contributed by atoms with Crippen molar-refractivity contribution in [3.8, 4) is 0 Å². The van der Waals surface area contributed by atoms with E-state index in [1.54, 1.807) is 24.5 Å². The van der Waals surface area contributed by atoms with E-state index >= 15 is 0 Å². The van der Waals surface area contributed by atoms with E-state index in [9.17, 15) is 14.0 Å². The third-order valence-electron chi connectivity index (χ3n) is 5.89. The molecule has 0 spiro atoms. The Labute approximate surface area is 195 Å². The maximum absolute atomic E-state index is 13.3. The number of aliphatic imine (C=N–C) groups is 1. The number of esters is 1. The minimum absolute atomic E-state index is 0.0212. The molecule has 1 aromatic carbocycles. The van der Waals surface area contributed by atoms with Gasteiger partial charge in [0.25, 0.3) is 0 Å². The topological polar surface area (TPSA) is 96.9 Å². The van der Waals surface area contributed by atoms with E-state index in [2.05, 4.69) is 19.9 Å². The Bertz CT molecular complexity index is 1280. The molecule has 0 aliphatic carbocycles. The fourth-order valence-electron chi connectivity index (χ4n) is 4.12. The number of hydrogen-bond acceptors (Lipinski definition) is 7. The largest absolute Gasteiger partial charge is 0.463 e. The molecule has 1 N–H and O–H groups in total. The Kier molecular flexibility index (Phi) is 6.18. The summed E-state index contributed by atoms with van der Waals surface area (Å²) in [6.45, 7) is 2.75. The summed E-state index contributed by atoms with van der Waals surface area (Å²) in [6.07, 6.45) is 7.19. The number of carbonyl (C=O) groups is 2. The quantitative estimate of drug-likeness (QED) is 0.341. The number of fused-ring (bicyclic) bond motifs is 1. The second-order valence-electron chi connectivity index (χ2n) is 8.19. The predicted molar refractivity (Wildman–Crippen MR) is 124 cm³/mol. The van der Waals surface area contributed by atoms with Crippen molar-refractivity contribution in [1.29, 1.82) is 0 Å². The molecule has 2 aliphatic heterocycles. The lowest BCUT2D eigenvalue weighted by molar-refractivity contribution is -0.148. The SMILES string of the molecule is O=C(OCCN1CCCC1)C1C(=O)/C(=C/c2c[nH]c3ncccc23)OC1=Nc1ccc(F)cc1. The molecule has 0 saturated carbocycles. The van der Waals surface area contributed by atoms with Crippen LogP contribution in [0.25, 0.3) is 17.1 Å². The predicted octanol–water partition coefficient (Wildman–Crippen LogP) is 3.63. The Morgan fingerprint density at radius 1 is 1.26 bits per heavy atom. The summed E-state index contributed by atoms with van der Waals surface area (Å²) in [6, 6.07) is 9.03. The Morgan fingerprint density at radius 3 is 2.85 bits per heavy atom. The lowest BCUT2D eigenvalue weighted by Crippen LogP contribution is -2.31. The number of carbonyl (C=O) groups excluding carboxylic acids is 2. The van der Waals surface area contributed by atoms with Gasteiger partial charge < -0.3 is 14.5 Å². The van der Waals surface area contributed by atoms with E-state index in [0.29, 0.717) is 23.4 Å². The van der Waals surface area contributed by atoms with Crippen LogP contribution in [0.1, 0.15) is 18.4 Å². The molecule has 1 atom stereocenters. The highest BCUT2D eigenvalue weighted by Gasteiger charge is 2.45. The molecule has 2 saturated heterocycles. The van der Waals surface area contributed by atoms with E-state index in [-0.39, 0.29) is 18.3 Å². The summed E-state index contributed by atoms with van der Waals surface area (Å²) in [7, 11) is 0. The van der Waals surface area contributed by atoms with Crippen LogP contribution in [0.5, 0.6) is 0 Å². The molecule has 0 amide bonds. The summed E-state index contributed by atoms with van der Waals surface area (Å²) in [5.74, 6) is -3.10. The molecular weight excluding hydrogens is 439 g/mol. The molecule has 3 aromatic rings. The van der Waals surface area contributed by atoms with Crippen LogP contribution < -0.4 is 0 Å². The molecular formula is C25H23FN4O4. The number of ether oxygens (including phenoxy) is 2. The van der Waals surface area contributed by atoms with Gasteiger partial charge in [0.1, 0.15) is 18.1 Å².